The predicted octanol–water partition coefficient (Wildman–Crippen LogP) is 3.33. The first-order valence-corrected chi connectivity index (χ1v) is 7.85. The van der Waals surface area contributed by atoms with Crippen molar-refractivity contribution in [2.24, 2.45) is 5.92 Å². The molecule has 0 radical (unpaired) electrons. The Morgan fingerprint density at radius 1 is 1.06 bits per heavy atom. The maximum absolute atomic E-state index is 3.60. The third-order valence-electron chi connectivity index (χ3n) is 3.84. The molecule has 1 aliphatic heterocycles. The average molecular weight is 240 g/mol. The molecule has 0 spiro atoms. The van der Waals surface area contributed by atoms with Crippen LogP contribution in [0.15, 0.2) is 0 Å². The first-order valence-electron chi connectivity index (χ1n) is 7.85. The highest BCUT2D eigenvalue weighted by atomic mass is 14.9. The molecule has 1 rings (SSSR count). The van der Waals surface area contributed by atoms with E-state index in [0.717, 1.165) is 5.92 Å². The molecule has 2 N–H and O–H groups in total. The third-order valence-corrected chi connectivity index (χ3v) is 3.84. The molecule has 0 saturated carbocycles. The first kappa shape index (κ1) is 15.0. The second-order valence-electron chi connectivity index (χ2n) is 5.52. The quantitative estimate of drug-likeness (QED) is 0.572. The zero-order valence-electron chi connectivity index (χ0n) is 11.8. The summed E-state index contributed by atoms with van der Waals surface area (Å²) in [5.41, 5.74) is 0. The molecule has 0 bridgehead atoms. The maximum atomic E-state index is 3.60. The molecule has 1 heterocycles. The van der Waals surface area contributed by atoms with Gasteiger partial charge in [0.25, 0.3) is 0 Å². The van der Waals surface area contributed by atoms with Gasteiger partial charge < -0.3 is 10.6 Å². The highest BCUT2D eigenvalue weighted by Crippen LogP contribution is 2.12. The fourth-order valence-electron chi connectivity index (χ4n) is 2.63. The Bertz CT molecular complexity index is 153. The van der Waals surface area contributed by atoms with Crippen molar-refractivity contribution < 1.29 is 0 Å². The van der Waals surface area contributed by atoms with Crippen molar-refractivity contribution >= 4 is 0 Å². The van der Waals surface area contributed by atoms with Crippen molar-refractivity contribution in [3.63, 3.8) is 0 Å². The Hall–Kier alpha value is -0.0800. The van der Waals surface area contributed by atoms with Crippen molar-refractivity contribution in [3.8, 4) is 0 Å². The van der Waals surface area contributed by atoms with E-state index in [2.05, 4.69) is 17.6 Å². The number of nitrogens with one attached hydrogen (secondary N) is 2. The van der Waals surface area contributed by atoms with E-state index in [4.69, 9.17) is 0 Å². The number of hydrogen-bond donors (Lipinski definition) is 2. The minimum atomic E-state index is 0.931. The Kier molecular flexibility index (Phi) is 9.72. The minimum absolute atomic E-state index is 0.931. The molecule has 0 amide bonds. The zero-order valence-corrected chi connectivity index (χ0v) is 11.8. The van der Waals surface area contributed by atoms with Crippen LogP contribution in [0, 0.1) is 5.92 Å². The largest absolute Gasteiger partial charge is 0.317 e. The Morgan fingerprint density at radius 3 is 2.65 bits per heavy atom. The summed E-state index contributed by atoms with van der Waals surface area (Å²) >= 11 is 0. The summed E-state index contributed by atoms with van der Waals surface area (Å²) in [7, 11) is 0. The molecule has 1 unspecified atom stereocenters. The molecule has 1 atom stereocenters. The van der Waals surface area contributed by atoms with Crippen LogP contribution in [0.2, 0.25) is 0 Å². The van der Waals surface area contributed by atoms with E-state index < -0.39 is 0 Å². The lowest BCUT2D eigenvalue weighted by Gasteiger charge is -2.22. The average Bonchev–Trinajstić information content (AvgIpc) is 2.38. The Balaban J connectivity index is 1.75. The zero-order chi connectivity index (χ0) is 12.2. The van der Waals surface area contributed by atoms with Gasteiger partial charge in [-0.05, 0) is 57.8 Å². The molecule has 102 valence electrons. The van der Waals surface area contributed by atoms with E-state index in [9.17, 15) is 0 Å². The van der Waals surface area contributed by atoms with Crippen LogP contribution in [-0.4, -0.2) is 26.2 Å². The van der Waals surface area contributed by atoms with E-state index in [1.54, 1.807) is 0 Å². The second-order valence-corrected chi connectivity index (χ2v) is 5.52. The number of unbranched alkanes of at least 4 members (excludes halogenated alkanes) is 5. The molecule has 1 aliphatic rings. The highest BCUT2D eigenvalue weighted by Gasteiger charge is 2.11. The van der Waals surface area contributed by atoms with Crippen LogP contribution in [0.1, 0.15) is 64.7 Å². The lowest BCUT2D eigenvalue weighted by molar-refractivity contribution is 0.351. The summed E-state index contributed by atoms with van der Waals surface area (Å²) in [4.78, 5) is 0. The van der Waals surface area contributed by atoms with Crippen molar-refractivity contribution in [1.29, 1.82) is 0 Å². The van der Waals surface area contributed by atoms with Gasteiger partial charge in [-0.1, -0.05) is 39.0 Å². The molecule has 0 aliphatic carbocycles. The topological polar surface area (TPSA) is 24.1 Å². The van der Waals surface area contributed by atoms with Crippen LogP contribution in [-0.2, 0) is 0 Å². The van der Waals surface area contributed by atoms with Crippen LogP contribution >= 0.6 is 0 Å². The Morgan fingerprint density at radius 2 is 1.88 bits per heavy atom. The smallest absolute Gasteiger partial charge is 0.00200 e. The van der Waals surface area contributed by atoms with E-state index in [1.165, 1.54) is 84.0 Å². The molecule has 0 aromatic heterocycles. The summed E-state index contributed by atoms with van der Waals surface area (Å²) in [5.74, 6) is 0.931. The van der Waals surface area contributed by atoms with Gasteiger partial charge in [-0.2, -0.15) is 0 Å². The van der Waals surface area contributed by atoms with E-state index in [-0.39, 0.29) is 0 Å². The van der Waals surface area contributed by atoms with E-state index in [1.807, 2.05) is 0 Å². The lowest BCUT2D eigenvalue weighted by Crippen LogP contribution is -2.31. The molecular formula is C15H32N2. The van der Waals surface area contributed by atoms with Crippen LogP contribution in [0.4, 0.5) is 0 Å². The molecular weight excluding hydrogens is 208 g/mol. The van der Waals surface area contributed by atoms with Gasteiger partial charge in [0.15, 0.2) is 0 Å². The summed E-state index contributed by atoms with van der Waals surface area (Å²) in [6.45, 7) is 7.22. The summed E-state index contributed by atoms with van der Waals surface area (Å²) < 4.78 is 0. The summed E-state index contributed by atoms with van der Waals surface area (Å²) in [6.07, 6.45) is 12.6. The molecule has 0 aromatic carbocycles. The number of piperidine rings is 1. The van der Waals surface area contributed by atoms with Crippen molar-refractivity contribution in [3.05, 3.63) is 0 Å². The van der Waals surface area contributed by atoms with Crippen LogP contribution < -0.4 is 10.6 Å². The van der Waals surface area contributed by atoms with Crippen molar-refractivity contribution in [1.82, 2.24) is 10.6 Å². The summed E-state index contributed by atoms with van der Waals surface area (Å²) in [6, 6.07) is 0. The fourth-order valence-corrected chi connectivity index (χ4v) is 2.63. The predicted molar refractivity (Wildman–Crippen MR) is 76.5 cm³/mol. The molecule has 1 fully saturated rings. The molecule has 2 nitrogen and oxygen atoms in total. The van der Waals surface area contributed by atoms with Gasteiger partial charge in [-0.15, -0.1) is 0 Å². The third kappa shape index (κ3) is 8.62. The summed E-state index contributed by atoms with van der Waals surface area (Å²) in [5, 5.41) is 7.08. The van der Waals surface area contributed by atoms with Crippen LogP contribution in [0.3, 0.4) is 0 Å². The Labute approximate surface area is 108 Å². The normalized spacial score (nSPS) is 20.6. The number of hydrogen-bond acceptors (Lipinski definition) is 2. The van der Waals surface area contributed by atoms with Gasteiger partial charge in [0.1, 0.15) is 0 Å². The SMILES string of the molecule is CCCCCCCCNCCC1CCCNC1. The van der Waals surface area contributed by atoms with Gasteiger partial charge >= 0.3 is 0 Å². The number of rotatable bonds is 10. The van der Waals surface area contributed by atoms with Gasteiger partial charge in [0.05, 0.1) is 0 Å². The minimum Gasteiger partial charge on any atom is -0.317 e. The van der Waals surface area contributed by atoms with Gasteiger partial charge in [0.2, 0.25) is 0 Å². The standard InChI is InChI=1S/C15H32N2/c1-2-3-4-5-6-7-11-16-13-10-15-9-8-12-17-14-15/h15-17H,2-14H2,1H3. The van der Waals surface area contributed by atoms with Crippen molar-refractivity contribution in [2.45, 2.75) is 64.7 Å². The van der Waals surface area contributed by atoms with Crippen molar-refractivity contribution in [2.75, 3.05) is 26.2 Å². The lowest BCUT2D eigenvalue weighted by atomic mass is 9.96. The van der Waals surface area contributed by atoms with Gasteiger partial charge in [-0.3, -0.25) is 0 Å². The van der Waals surface area contributed by atoms with Crippen LogP contribution in [0.25, 0.3) is 0 Å². The highest BCUT2D eigenvalue weighted by molar-refractivity contribution is 4.69. The second kappa shape index (κ2) is 11.0. The van der Waals surface area contributed by atoms with Crippen LogP contribution in [0.5, 0.6) is 0 Å². The van der Waals surface area contributed by atoms with E-state index >= 15 is 0 Å². The fraction of sp³-hybridized carbons (Fsp3) is 1.00. The molecule has 1 saturated heterocycles. The molecule has 2 heteroatoms. The maximum Gasteiger partial charge on any atom is -0.00200 e. The van der Waals surface area contributed by atoms with Gasteiger partial charge in [-0.25, -0.2) is 0 Å². The van der Waals surface area contributed by atoms with E-state index in [0.29, 0.717) is 0 Å². The monoisotopic (exact) mass is 240 g/mol. The molecule has 0 aromatic rings. The first-order chi connectivity index (χ1) is 8.43. The van der Waals surface area contributed by atoms with Gasteiger partial charge in [0, 0.05) is 0 Å². The molecule has 17 heavy (non-hydrogen) atoms.